The maximum atomic E-state index is 3.91. The second kappa shape index (κ2) is 16.5. The lowest BCUT2D eigenvalue weighted by Gasteiger charge is -2.25. The van der Waals surface area contributed by atoms with E-state index < -0.39 is 0 Å². The van der Waals surface area contributed by atoms with Gasteiger partial charge in [0, 0.05) is 24.5 Å². The van der Waals surface area contributed by atoms with E-state index in [1.54, 1.807) is 0 Å². The summed E-state index contributed by atoms with van der Waals surface area (Å²) in [4.78, 5) is 0. The number of aryl methyl sites for hydroxylation is 2. The van der Waals surface area contributed by atoms with Crippen LogP contribution in [0.25, 0.3) is 0 Å². The molecule has 2 nitrogen and oxygen atoms in total. The molecule has 0 bridgehead atoms. The number of hydrogen-bond acceptors (Lipinski definition) is 2. The average Bonchev–Trinajstić information content (AvgIpc) is 2.92. The molecule has 0 amide bonds. The van der Waals surface area contributed by atoms with Crippen LogP contribution in [0.3, 0.4) is 0 Å². The van der Waals surface area contributed by atoms with E-state index in [4.69, 9.17) is 0 Å². The second-order valence-corrected chi connectivity index (χ2v) is 13.5. The maximum Gasteiger partial charge on any atom is 0.0410 e. The number of hydrogen-bond donors (Lipinski definition) is 2. The van der Waals surface area contributed by atoms with Crippen molar-refractivity contribution in [2.75, 3.05) is 23.7 Å². The number of rotatable bonds is 17. The van der Waals surface area contributed by atoms with Crippen LogP contribution in [0.15, 0.2) is 24.3 Å². The molecule has 0 aromatic heterocycles. The molecule has 2 aromatic carbocycles. The van der Waals surface area contributed by atoms with Crippen LogP contribution in [-0.4, -0.2) is 13.1 Å². The van der Waals surface area contributed by atoms with Gasteiger partial charge in [-0.05, 0) is 81.7 Å². The standard InChI is InChI=1S/C38H64N2/c1-13-29(14-2)23-39-37-33(25(5)6)19-31(20-34(37)26(7)8)17-18-32-21-35(27(9)10)38(36(22-32)28(11)12)40-24-30(15-3)16-4/h19-22,25-30,39-40H,13-18,23-24H2,1-12H3. The molecule has 0 aliphatic carbocycles. The highest BCUT2D eigenvalue weighted by Crippen LogP contribution is 2.37. The first kappa shape index (κ1) is 34.2. The molecule has 0 spiro atoms. The van der Waals surface area contributed by atoms with Crippen molar-refractivity contribution >= 4 is 11.4 Å². The zero-order valence-electron chi connectivity index (χ0n) is 28.4. The Morgan fingerprint density at radius 2 is 0.700 bits per heavy atom. The Morgan fingerprint density at radius 1 is 0.450 bits per heavy atom. The van der Waals surface area contributed by atoms with Gasteiger partial charge in [-0.15, -0.1) is 0 Å². The first-order valence-electron chi connectivity index (χ1n) is 16.8. The Balaban J connectivity index is 2.42. The third-order valence-corrected chi connectivity index (χ3v) is 9.15. The Bertz CT molecular complexity index is 880. The van der Waals surface area contributed by atoms with Gasteiger partial charge in [0.2, 0.25) is 0 Å². The summed E-state index contributed by atoms with van der Waals surface area (Å²) in [5.74, 6) is 3.48. The molecule has 0 saturated carbocycles. The first-order chi connectivity index (χ1) is 19.0. The van der Waals surface area contributed by atoms with E-state index in [0.29, 0.717) is 23.7 Å². The molecule has 0 aliphatic rings. The summed E-state index contributed by atoms with van der Waals surface area (Å²) in [5, 5.41) is 7.83. The summed E-state index contributed by atoms with van der Waals surface area (Å²) < 4.78 is 0. The lowest BCUT2D eigenvalue weighted by atomic mass is 9.86. The van der Waals surface area contributed by atoms with Crippen LogP contribution in [0.5, 0.6) is 0 Å². The van der Waals surface area contributed by atoms with Gasteiger partial charge in [0.05, 0.1) is 0 Å². The van der Waals surface area contributed by atoms with Crippen LogP contribution in [0.2, 0.25) is 0 Å². The van der Waals surface area contributed by atoms with Crippen LogP contribution in [0.1, 0.15) is 166 Å². The van der Waals surface area contributed by atoms with E-state index in [1.165, 1.54) is 70.4 Å². The smallest absolute Gasteiger partial charge is 0.0410 e. The van der Waals surface area contributed by atoms with Gasteiger partial charge >= 0.3 is 0 Å². The fraction of sp³-hybridized carbons (Fsp3) is 0.684. The van der Waals surface area contributed by atoms with Crippen LogP contribution < -0.4 is 10.6 Å². The van der Waals surface area contributed by atoms with E-state index in [9.17, 15) is 0 Å². The van der Waals surface area contributed by atoms with E-state index in [-0.39, 0.29) is 0 Å². The molecular formula is C38H64N2. The van der Waals surface area contributed by atoms with Crippen LogP contribution in [-0.2, 0) is 12.8 Å². The summed E-state index contributed by atoms with van der Waals surface area (Å²) in [6, 6.07) is 10.0. The van der Waals surface area contributed by atoms with Crippen molar-refractivity contribution in [2.24, 2.45) is 11.8 Å². The average molecular weight is 549 g/mol. The quantitative estimate of drug-likeness (QED) is 0.205. The molecule has 2 aromatic rings. The molecule has 2 heteroatoms. The molecule has 40 heavy (non-hydrogen) atoms. The SMILES string of the molecule is CCC(CC)CNc1c(C(C)C)cc(CCc2cc(C(C)C)c(NCC(CC)CC)c(C(C)C)c2)cc1C(C)C. The van der Waals surface area contributed by atoms with Gasteiger partial charge in [0.25, 0.3) is 0 Å². The van der Waals surface area contributed by atoms with Gasteiger partial charge in [0.1, 0.15) is 0 Å². The zero-order valence-corrected chi connectivity index (χ0v) is 28.4. The third-order valence-electron chi connectivity index (χ3n) is 9.15. The van der Waals surface area contributed by atoms with Gasteiger partial charge in [-0.3, -0.25) is 0 Å². The van der Waals surface area contributed by atoms with Crippen molar-refractivity contribution in [3.8, 4) is 0 Å². The Hall–Kier alpha value is -1.96. The zero-order chi connectivity index (χ0) is 30.0. The van der Waals surface area contributed by atoms with Gasteiger partial charge in [-0.1, -0.05) is 133 Å². The topological polar surface area (TPSA) is 24.1 Å². The minimum absolute atomic E-state index is 0.502. The lowest BCUT2D eigenvalue weighted by Crippen LogP contribution is -2.17. The van der Waals surface area contributed by atoms with Gasteiger partial charge in [0.15, 0.2) is 0 Å². The third kappa shape index (κ3) is 9.28. The molecule has 226 valence electrons. The van der Waals surface area contributed by atoms with Crippen molar-refractivity contribution in [1.82, 2.24) is 0 Å². The monoisotopic (exact) mass is 549 g/mol. The Morgan fingerprint density at radius 3 is 0.900 bits per heavy atom. The van der Waals surface area contributed by atoms with Crippen LogP contribution in [0.4, 0.5) is 11.4 Å². The van der Waals surface area contributed by atoms with Gasteiger partial charge in [-0.2, -0.15) is 0 Å². The first-order valence-corrected chi connectivity index (χ1v) is 16.8. The van der Waals surface area contributed by atoms with E-state index in [2.05, 4.69) is 118 Å². The minimum atomic E-state index is 0.502. The van der Waals surface area contributed by atoms with Crippen molar-refractivity contribution in [3.05, 3.63) is 57.6 Å². The lowest BCUT2D eigenvalue weighted by molar-refractivity contribution is 0.518. The molecule has 0 radical (unpaired) electrons. The Kier molecular flexibility index (Phi) is 14.1. The molecule has 0 aliphatic heterocycles. The number of nitrogens with one attached hydrogen (secondary N) is 2. The number of benzene rings is 2. The van der Waals surface area contributed by atoms with E-state index >= 15 is 0 Å². The predicted octanol–water partition coefficient (Wildman–Crippen LogP) is 11.7. The number of anilines is 2. The molecule has 2 rings (SSSR count). The van der Waals surface area contributed by atoms with Crippen molar-refractivity contribution < 1.29 is 0 Å². The molecule has 0 saturated heterocycles. The second-order valence-electron chi connectivity index (χ2n) is 13.5. The van der Waals surface area contributed by atoms with Crippen molar-refractivity contribution in [1.29, 1.82) is 0 Å². The molecular weight excluding hydrogens is 484 g/mol. The molecule has 0 heterocycles. The van der Waals surface area contributed by atoms with Gasteiger partial charge < -0.3 is 10.6 Å². The van der Waals surface area contributed by atoms with E-state index in [0.717, 1.165) is 37.8 Å². The van der Waals surface area contributed by atoms with Crippen molar-refractivity contribution in [3.63, 3.8) is 0 Å². The highest BCUT2D eigenvalue weighted by molar-refractivity contribution is 5.63. The highest BCUT2D eigenvalue weighted by Gasteiger charge is 2.19. The molecule has 0 unspecified atom stereocenters. The summed E-state index contributed by atoms with van der Waals surface area (Å²) in [6.45, 7) is 30.2. The minimum Gasteiger partial charge on any atom is -0.384 e. The summed E-state index contributed by atoms with van der Waals surface area (Å²) in [6.07, 6.45) is 7.11. The van der Waals surface area contributed by atoms with Gasteiger partial charge in [-0.25, -0.2) is 0 Å². The van der Waals surface area contributed by atoms with Crippen molar-refractivity contribution in [2.45, 2.75) is 145 Å². The van der Waals surface area contributed by atoms with Crippen LogP contribution >= 0.6 is 0 Å². The summed E-state index contributed by atoms with van der Waals surface area (Å²) in [5.41, 5.74) is 11.7. The molecule has 2 N–H and O–H groups in total. The highest BCUT2D eigenvalue weighted by atomic mass is 14.9. The predicted molar refractivity (Wildman–Crippen MR) is 182 cm³/mol. The fourth-order valence-electron chi connectivity index (χ4n) is 5.96. The molecule has 0 fully saturated rings. The van der Waals surface area contributed by atoms with E-state index in [1.807, 2.05) is 0 Å². The van der Waals surface area contributed by atoms with Crippen LogP contribution in [0, 0.1) is 11.8 Å². The fourth-order valence-corrected chi connectivity index (χ4v) is 5.96. The normalized spacial score (nSPS) is 12.2. The largest absolute Gasteiger partial charge is 0.384 e. The summed E-state index contributed by atoms with van der Waals surface area (Å²) in [7, 11) is 0. The Labute approximate surface area is 249 Å². The molecule has 0 atom stereocenters. The summed E-state index contributed by atoms with van der Waals surface area (Å²) >= 11 is 0. The maximum absolute atomic E-state index is 3.91.